The zero-order chi connectivity index (χ0) is 19.0. The lowest BCUT2D eigenvalue weighted by atomic mass is 9.90. The molecular formula is C24H35NO. The molecule has 0 saturated heterocycles. The summed E-state index contributed by atoms with van der Waals surface area (Å²) in [5, 5.41) is 10.4. The minimum Gasteiger partial charge on any atom is -0.389 e. The van der Waals surface area contributed by atoms with Crippen molar-refractivity contribution in [1.29, 1.82) is 0 Å². The van der Waals surface area contributed by atoms with Crippen LogP contribution in [0, 0.1) is 0 Å². The Kier molecular flexibility index (Phi) is 7.71. The fraction of sp³-hybridized carbons (Fsp3) is 0.500. The third-order valence-electron chi connectivity index (χ3n) is 4.80. The summed E-state index contributed by atoms with van der Waals surface area (Å²) in [6, 6.07) is 19.5. The highest BCUT2D eigenvalue weighted by Crippen LogP contribution is 2.29. The van der Waals surface area contributed by atoms with Crippen molar-refractivity contribution >= 4 is 5.69 Å². The summed E-state index contributed by atoms with van der Waals surface area (Å²) < 4.78 is 0. The van der Waals surface area contributed by atoms with Gasteiger partial charge in [0.1, 0.15) is 0 Å². The molecule has 1 N–H and O–H groups in total. The average Bonchev–Trinajstić information content (AvgIpc) is 2.61. The fourth-order valence-corrected chi connectivity index (χ4v) is 3.64. The molecule has 0 spiro atoms. The van der Waals surface area contributed by atoms with Crippen molar-refractivity contribution in [2.75, 3.05) is 11.4 Å². The van der Waals surface area contributed by atoms with Crippen LogP contribution in [0.2, 0.25) is 0 Å². The molecule has 0 aliphatic rings. The summed E-state index contributed by atoms with van der Waals surface area (Å²) >= 11 is 0. The van der Waals surface area contributed by atoms with Gasteiger partial charge in [-0.05, 0) is 55.9 Å². The summed E-state index contributed by atoms with van der Waals surface area (Å²) in [5.41, 5.74) is 3.14. The van der Waals surface area contributed by atoms with E-state index in [0.717, 1.165) is 6.54 Å². The monoisotopic (exact) mass is 353 g/mol. The lowest BCUT2D eigenvalue weighted by molar-refractivity contribution is 0.0870. The third kappa shape index (κ3) is 6.49. The Morgan fingerprint density at radius 3 is 1.96 bits per heavy atom. The summed E-state index contributed by atoms with van der Waals surface area (Å²) in [6.07, 6.45) is 4.96. The van der Waals surface area contributed by atoms with E-state index < -0.39 is 5.60 Å². The average molecular weight is 354 g/mol. The normalized spacial score (nSPS) is 11.8. The second kappa shape index (κ2) is 9.78. The minimum absolute atomic E-state index is 0.606. The van der Waals surface area contributed by atoms with Crippen LogP contribution in [0.25, 0.3) is 0 Å². The first-order valence-corrected chi connectivity index (χ1v) is 10.0. The van der Waals surface area contributed by atoms with Crippen LogP contribution < -0.4 is 4.90 Å². The number of rotatable bonds is 10. The molecule has 0 unspecified atom stereocenters. The molecule has 0 saturated carbocycles. The third-order valence-corrected chi connectivity index (χ3v) is 4.80. The van der Waals surface area contributed by atoms with Crippen LogP contribution in [-0.4, -0.2) is 17.3 Å². The molecule has 0 amide bonds. The van der Waals surface area contributed by atoms with Gasteiger partial charge < -0.3 is 10.0 Å². The number of hydrogen-bond acceptors (Lipinski definition) is 2. The van der Waals surface area contributed by atoms with Crippen LogP contribution in [0.1, 0.15) is 70.4 Å². The van der Waals surface area contributed by atoms with E-state index in [-0.39, 0.29) is 0 Å². The van der Waals surface area contributed by atoms with Gasteiger partial charge in [0.25, 0.3) is 0 Å². The van der Waals surface area contributed by atoms with Crippen molar-refractivity contribution < 1.29 is 5.11 Å². The zero-order valence-electron chi connectivity index (χ0n) is 16.9. The molecular weight excluding hydrogens is 318 g/mol. The molecule has 0 radical (unpaired) electrons. The van der Waals surface area contributed by atoms with E-state index in [9.17, 15) is 5.11 Å². The first-order valence-electron chi connectivity index (χ1n) is 10.0. The molecule has 0 fully saturated rings. The molecule has 2 nitrogen and oxygen atoms in total. The van der Waals surface area contributed by atoms with Gasteiger partial charge in [0, 0.05) is 18.8 Å². The smallest absolute Gasteiger partial charge is 0.0766 e. The van der Waals surface area contributed by atoms with E-state index in [0.29, 0.717) is 12.5 Å². The maximum Gasteiger partial charge on any atom is 0.0766 e. The highest BCUT2D eigenvalue weighted by atomic mass is 16.3. The quantitative estimate of drug-likeness (QED) is 0.554. The summed E-state index contributed by atoms with van der Waals surface area (Å²) in [6.45, 7) is 9.69. The van der Waals surface area contributed by atoms with Crippen molar-refractivity contribution in [3.05, 3.63) is 65.7 Å². The first-order chi connectivity index (χ1) is 12.4. The van der Waals surface area contributed by atoms with Gasteiger partial charge in [0.15, 0.2) is 0 Å². The number of benzene rings is 2. The molecule has 0 bridgehead atoms. The molecule has 2 heteroatoms. The lowest BCUT2D eigenvalue weighted by Gasteiger charge is -2.31. The van der Waals surface area contributed by atoms with Gasteiger partial charge in [-0.15, -0.1) is 0 Å². The second-order valence-corrected chi connectivity index (χ2v) is 8.02. The topological polar surface area (TPSA) is 23.5 Å². The van der Waals surface area contributed by atoms with E-state index >= 15 is 0 Å². The van der Waals surface area contributed by atoms with E-state index in [4.69, 9.17) is 0 Å². The molecule has 2 rings (SSSR count). The number of anilines is 1. The first kappa shape index (κ1) is 20.5. The lowest BCUT2D eigenvalue weighted by Crippen LogP contribution is -2.38. The Morgan fingerprint density at radius 2 is 1.46 bits per heavy atom. The minimum atomic E-state index is -0.736. The van der Waals surface area contributed by atoms with E-state index in [1.807, 2.05) is 19.9 Å². The van der Waals surface area contributed by atoms with E-state index in [1.54, 1.807) is 0 Å². The Hall–Kier alpha value is -1.80. The fourth-order valence-electron chi connectivity index (χ4n) is 3.64. The standard InChI is InChI=1S/C24H35NO/c1-5-10-21(11-6-2)22-14-16-23(17-15-22)25(19-24(3,4)26)18-20-12-8-7-9-13-20/h7-9,12-17,21,26H,5-6,10-11,18-19H2,1-4H3. The van der Waals surface area contributed by atoms with Crippen LogP contribution >= 0.6 is 0 Å². The van der Waals surface area contributed by atoms with Crippen molar-refractivity contribution in [3.8, 4) is 0 Å². The van der Waals surface area contributed by atoms with Gasteiger partial charge >= 0.3 is 0 Å². The Morgan fingerprint density at radius 1 is 0.885 bits per heavy atom. The van der Waals surface area contributed by atoms with Crippen LogP contribution in [0.4, 0.5) is 5.69 Å². The molecule has 0 aliphatic heterocycles. The van der Waals surface area contributed by atoms with Gasteiger partial charge in [-0.1, -0.05) is 69.2 Å². The van der Waals surface area contributed by atoms with Gasteiger partial charge in [0.2, 0.25) is 0 Å². The Labute approximate surface area is 159 Å². The van der Waals surface area contributed by atoms with Crippen LogP contribution in [0.3, 0.4) is 0 Å². The number of aliphatic hydroxyl groups is 1. The van der Waals surface area contributed by atoms with Gasteiger partial charge in [-0.25, -0.2) is 0 Å². The predicted molar refractivity (Wildman–Crippen MR) is 113 cm³/mol. The Balaban J connectivity index is 2.21. The zero-order valence-corrected chi connectivity index (χ0v) is 16.9. The SMILES string of the molecule is CCCC(CCC)c1ccc(N(Cc2ccccc2)CC(C)(C)O)cc1. The summed E-state index contributed by atoms with van der Waals surface area (Å²) in [4.78, 5) is 2.27. The molecule has 0 aliphatic carbocycles. The maximum atomic E-state index is 10.4. The number of hydrogen-bond donors (Lipinski definition) is 1. The molecule has 2 aromatic rings. The predicted octanol–water partition coefficient (Wildman–Crippen LogP) is 6.15. The van der Waals surface area contributed by atoms with E-state index in [1.165, 1.54) is 42.5 Å². The molecule has 2 aromatic carbocycles. The highest BCUT2D eigenvalue weighted by Gasteiger charge is 2.19. The highest BCUT2D eigenvalue weighted by molar-refractivity contribution is 5.49. The van der Waals surface area contributed by atoms with Crippen LogP contribution in [0.5, 0.6) is 0 Å². The van der Waals surface area contributed by atoms with Gasteiger partial charge in [0.05, 0.1) is 5.60 Å². The molecule has 0 aromatic heterocycles. The summed E-state index contributed by atoms with van der Waals surface area (Å²) in [5.74, 6) is 0.663. The van der Waals surface area contributed by atoms with Gasteiger partial charge in [-0.3, -0.25) is 0 Å². The molecule has 142 valence electrons. The molecule has 26 heavy (non-hydrogen) atoms. The molecule has 0 atom stereocenters. The largest absolute Gasteiger partial charge is 0.389 e. The van der Waals surface area contributed by atoms with Crippen molar-refractivity contribution in [2.45, 2.75) is 71.4 Å². The molecule has 0 heterocycles. The summed E-state index contributed by atoms with van der Waals surface area (Å²) in [7, 11) is 0. The van der Waals surface area contributed by atoms with E-state index in [2.05, 4.69) is 67.3 Å². The van der Waals surface area contributed by atoms with Crippen molar-refractivity contribution in [2.24, 2.45) is 0 Å². The van der Waals surface area contributed by atoms with Crippen LogP contribution in [0.15, 0.2) is 54.6 Å². The maximum absolute atomic E-state index is 10.4. The van der Waals surface area contributed by atoms with Crippen LogP contribution in [-0.2, 0) is 6.54 Å². The second-order valence-electron chi connectivity index (χ2n) is 8.02. The number of nitrogens with zero attached hydrogens (tertiary/aromatic N) is 1. The van der Waals surface area contributed by atoms with Crippen molar-refractivity contribution in [3.63, 3.8) is 0 Å². The Bertz CT molecular complexity index is 622. The van der Waals surface area contributed by atoms with Gasteiger partial charge in [-0.2, -0.15) is 0 Å². The van der Waals surface area contributed by atoms with Crippen molar-refractivity contribution in [1.82, 2.24) is 0 Å².